The highest BCUT2D eigenvalue weighted by Gasteiger charge is 2.51. The molecule has 1 heterocycles. The van der Waals surface area contributed by atoms with Gasteiger partial charge in [-0.15, -0.1) is 0 Å². The molecule has 1 saturated heterocycles. The first-order valence-corrected chi connectivity index (χ1v) is 8.79. The molecule has 29 heavy (non-hydrogen) atoms. The summed E-state index contributed by atoms with van der Waals surface area (Å²) in [4.78, 5) is 14.1. The number of β-lactam (4-membered cyclic amide) rings is 1. The van der Waals surface area contributed by atoms with Crippen molar-refractivity contribution >= 4 is 11.6 Å². The number of methoxy groups -OCH3 is 3. The SMILES string of the molecule is COc1ccc(C2C(OC)C(=O)N2c2cc(CO)c(CO)c(OC)c2)c(O)c1O. The first-order valence-electron chi connectivity index (χ1n) is 8.79. The lowest BCUT2D eigenvalue weighted by molar-refractivity contribution is -0.139. The number of benzene rings is 2. The van der Waals surface area contributed by atoms with Gasteiger partial charge in [-0.05, 0) is 23.8 Å². The third kappa shape index (κ3) is 3.23. The molecule has 0 bridgehead atoms. The van der Waals surface area contributed by atoms with Gasteiger partial charge in [0.25, 0.3) is 5.91 Å². The molecule has 4 N–H and O–H groups in total. The molecule has 0 aliphatic carbocycles. The maximum absolute atomic E-state index is 12.7. The molecule has 2 aromatic rings. The number of nitrogens with zero attached hydrogens (tertiary/aromatic N) is 1. The third-order valence-corrected chi connectivity index (χ3v) is 5.10. The predicted molar refractivity (Wildman–Crippen MR) is 102 cm³/mol. The highest BCUT2D eigenvalue weighted by molar-refractivity contribution is 6.05. The molecule has 156 valence electrons. The van der Waals surface area contributed by atoms with Gasteiger partial charge < -0.3 is 34.6 Å². The monoisotopic (exact) mass is 405 g/mol. The van der Waals surface area contributed by atoms with Gasteiger partial charge in [0.2, 0.25) is 5.75 Å². The second-order valence-corrected chi connectivity index (χ2v) is 6.47. The summed E-state index contributed by atoms with van der Waals surface area (Å²) in [5.41, 5.74) is 1.47. The Morgan fingerprint density at radius 3 is 2.21 bits per heavy atom. The molecule has 9 nitrogen and oxygen atoms in total. The van der Waals surface area contributed by atoms with Crippen molar-refractivity contribution in [1.82, 2.24) is 0 Å². The van der Waals surface area contributed by atoms with Crippen LogP contribution in [0.3, 0.4) is 0 Å². The van der Waals surface area contributed by atoms with Gasteiger partial charge in [-0.25, -0.2) is 0 Å². The normalized spacial score (nSPS) is 18.5. The second-order valence-electron chi connectivity index (χ2n) is 6.47. The first kappa shape index (κ1) is 20.7. The lowest BCUT2D eigenvalue weighted by Crippen LogP contribution is -2.60. The van der Waals surface area contributed by atoms with E-state index in [1.165, 1.54) is 38.4 Å². The number of ether oxygens (including phenoxy) is 3. The van der Waals surface area contributed by atoms with Crippen LogP contribution in [0.5, 0.6) is 23.0 Å². The van der Waals surface area contributed by atoms with Crippen LogP contribution < -0.4 is 14.4 Å². The van der Waals surface area contributed by atoms with E-state index >= 15 is 0 Å². The van der Waals surface area contributed by atoms with E-state index in [2.05, 4.69) is 0 Å². The molecule has 1 fully saturated rings. The second kappa shape index (κ2) is 8.16. The van der Waals surface area contributed by atoms with Crippen LogP contribution in [0.1, 0.15) is 22.7 Å². The van der Waals surface area contributed by atoms with Gasteiger partial charge >= 0.3 is 0 Å². The van der Waals surface area contributed by atoms with E-state index < -0.39 is 23.6 Å². The lowest BCUT2D eigenvalue weighted by Gasteiger charge is -2.46. The lowest BCUT2D eigenvalue weighted by atomic mass is 9.88. The molecule has 0 saturated carbocycles. The summed E-state index contributed by atoms with van der Waals surface area (Å²) in [7, 11) is 4.15. The molecule has 2 aromatic carbocycles. The molecule has 1 aliphatic heterocycles. The molecule has 3 rings (SSSR count). The maximum atomic E-state index is 12.7. The summed E-state index contributed by atoms with van der Waals surface area (Å²) in [6, 6.07) is 5.40. The van der Waals surface area contributed by atoms with Crippen LogP contribution in [0.2, 0.25) is 0 Å². The highest BCUT2D eigenvalue weighted by atomic mass is 16.5. The third-order valence-electron chi connectivity index (χ3n) is 5.10. The smallest absolute Gasteiger partial charge is 0.259 e. The zero-order chi connectivity index (χ0) is 21.3. The fourth-order valence-electron chi connectivity index (χ4n) is 3.59. The van der Waals surface area contributed by atoms with E-state index in [1.54, 1.807) is 12.1 Å². The fourth-order valence-corrected chi connectivity index (χ4v) is 3.59. The Morgan fingerprint density at radius 1 is 0.966 bits per heavy atom. The van der Waals surface area contributed by atoms with E-state index in [0.717, 1.165) is 0 Å². The van der Waals surface area contributed by atoms with E-state index in [0.29, 0.717) is 22.6 Å². The van der Waals surface area contributed by atoms with Crippen molar-refractivity contribution < 1.29 is 39.4 Å². The Labute approximate surface area is 167 Å². The van der Waals surface area contributed by atoms with Crippen LogP contribution in [0.25, 0.3) is 0 Å². The van der Waals surface area contributed by atoms with Crippen molar-refractivity contribution in [2.24, 2.45) is 0 Å². The van der Waals surface area contributed by atoms with Crippen LogP contribution in [-0.2, 0) is 22.7 Å². The fraction of sp³-hybridized carbons (Fsp3) is 0.350. The van der Waals surface area contributed by atoms with E-state index in [9.17, 15) is 25.2 Å². The van der Waals surface area contributed by atoms with Crippen molar-refractivity contribution in [1.29, 1.82) is 0 Å². The molecule has 1 amide bonds. The van der Waals surface area contributed by atoms with Gasteiger partial charge in [0.05, 0.1) is 27.4 Å². The first-order chi connectivity index (χ1) is 13.9. The van der Waals surface area contributed by atoms with Gasteiger partial charge in [0.15, 0.2) is 17.6 Å². The molecular formula is C20H23NO8. The number of rotatable bonds is 7. The largest absolute Gasteiger partial charge is 0.504 e. The topological polar surface area (TPSA) is 129 Å². The summed E-state index contributed by atoms with van der Waals surface area (Å²) < 4.78 is 15.6. The summed E-state index contributed by atoms with van der Waals surface area (Å²) in [6.07, 6.45) is -0.880. The number of phenols is 2. The van der Waals surface area contributed by atoms with Crippen molar-refractivity contribution in [3.63, 3.8) is 0 Å². The Kier molecular flexibility index (Phi) is 5.83. The number of aromatic hydroxyl groups is 2. The van der Waals surface area contributed by atoms with Crippen LogP contribution in [-0.4, -0.2) is 53.8 Å². The average Bonchev–Trinajstić information content (AvgIpc) is 2.73. The minimum absolute atomic E-state index is 0.0916. The molecule has 0 aromatic heterocycles. The van der Waals surface area contributed by atoms with Crippen molar-refractivity contribution in [2.75, 3.05) is 26.2 Å². The van der Waals surface area contributed by atoms with Gasteiger partial charge in [-0.2, -0.15) is 0 Å². The van der Waals surface area contributed by atoms with Crippen LogP contribution in [0.4, 0.5) is 5.69 Å². The van der Waals surface area contributed by atoms with Gasteiger partial charge in [0.1, 0.15) is 11.8 Å². The minimum Gasteiger partial charge on any atom is -0.504 e. The maximum Gasteiger partial charge on any atom is 0.259 e. The molecular weight excluding hydrogens is 382 g/mol. The molecule has 2 unspecified atom stereocenters. The molecule has 9 heteroatoms. The Bertz CT molecular complexity index is 904. The van der Waals surface area contributed by atoms with Crippen molar-refractivity contribution in [3.8, 4) is 23.0 Å². The van der Waals surface area contributed by atoms with Gasteiger partial charge in [-0.3, -0.25) is 9.69 Å². The van der Waals surface area contributed by atoms with Crippen LogP contribution in [0.15, 0.2) is 24.3 Å². The Hall–Kier alpha value is -3.01. The summed E-state index contributed by atoms with van der Waals surface area (Å²) >= 11 is 0. The predicted octanol–water partition coefficient (Wildman–Crippen LogP) is 1.20. The number of aliphatic hydroxyl groups is 2. The van der Waals surface area contributed by atoms with E-state index in [4.69, 9.17) is 14.2 Å². The number of phenolic OH excluding ortho intramolecular Hbond substituents is 2. The zero-order valence-electron chi connectivity index (χ0n) is 16.2. The van der Waals surface area contributed by atoms with Crippen molar-refractivity contribution in [3.05, 3.63) is 41.0 Å². The Balaban J connectivity index is 2.12. The Morgan fingerprint density at radius 2 is 1.66 bits per heavy atom. The quantitative estimate of drug-likeness (QED) is 0.400. The molecule has 0 spiro atoms. The molecule has 2 atom stereocenters. The highest BCUT2D eigenvalue weighted by Crippen LogP contribution is 2.49. The van der Waals surface area contributed by atoms with Crippen LogP contribution >= 0.6 is 0 Å². The zero-order valence-corrected chi connectivity index (χ0v) is 16.2. The number of amides is 1. The minimum atomic E-state index is -0.880. The standard InChI is InChI=1S/C20H23NO8/c1-27-14-5-4-12(17(24)18(14)25)16-19(29-3)20(26)21(16)11-6-10(8-22)13(9-23)15(7-11)28-2/h4-7,16,19,22-25H,8-9H2,1-3H3. The molecule has 1 aliphatic rings. The van der Waals surface area contributed by atoms with Gasteiger partial charge in [-0.1, -0.05) is 0 Å². The van der Waals surface area contributed by atoms with Gasteiger partial charge in [0, 0.05) is 30.0 Å². The number of hydrogen-bond acceptors (Lipinski definition) is 8. The number of anilines is 1. The number of aliphatic hydroxyl groups excluding tert-OH is 2. The number of hydrogen-bond donors (Lipinski definition) is 4. The summed E-state index contributed by atoms with van der Waals surface area (Å²) in [5.74, 6) is -0.828. The average molecular weight is 405 g/mol. The molecule has 0 radical (unpaired) electrons. The summed E-state index contributed by atoms with van der Waals surface area (Å²) in [5, 5.41) is 39.9. The summed E-state index contributed by atoms with van der Waals surface area (Å²) in [6.45, 7) is -0.709. The van der Waals surface area contributed by atoms with E-state index in [1.807, 2.05) is 0 Å². The number of carbonyl (C=O) groups excluding carboxylic acids is 1. The number of carbonyl (C=O) groups is 1. The van der Waals surface area contributed by atoms with Crippen LogP contribution in [0, 0.1) is 0 Å². The van der Waals surface area contributed by atoms with Crippen molar-refractivity contribution in [2.45, 2.75) is 25.4 Å². The van der Waals surface area contributed by atoms with E-state index in [-0.39, 0.29) is 30.4 Å².